The molecule has 0 N–H and O–H groups in total. The van der Waals surface area contributed by atoms with Crippen LogP contribution in [0.3, 0.4) is 0 Å². The van der Waals surface area contributed by atoms with Crippen LogP contribution in [0, 0.1) is 0 Å². The quantitative estimate of drug-likeness (QED) is 0.362. The fourth-order valence-corrected chi connectivity index (χ4v) is 5.15. The average molecular weight is 523 g/mol. The van der Waals surface area contributed by atoms with Crippen molar-refractivity contribution in [3.63, 3.8) is 0 Å². The van der Waals surface area contributed by atoms with Gasteiger partial charge in [0.05, 0.1) is 18.2 Å². The number of alkyl halides is 3. The molecule has 10 heteroatoms. The lowest BCUT2D eigenvalue weighted by molar-refractivity contribution is -0.274. The third kappa shape index (κ3) is 4.42. The van der Waals surface area contributed by atoms with Crippen LogP contribution >= 0.6 is 23.2 Å². The average Bonchev–Trinajstić information content (AvgIpc) is 3.37. The van der Waals surface area contributed by atoms with Gasteiger partial charge in [-0.25, -0.2) is 4.79 Å². The highest BCUT2D eigenvalue weighted by molar-refractivity contribution is 6.31. The van der Waals surface area contributed by atoms with Gasteiger partial charge in [-0.3, -0.25) is 9.80 Å². The Morgan fingerprint density at radius 3 is 2.14 bits per heavy atom. The maximum Gasteiger partial charge on any atom is 0.573 e. The molecule has 1 spiro atoms. The van der Waals surface area contributed by atoms with E-state index in [0.717, 1.165) is 0 Å². The molecule has 5 rings (SSSR count). The number of anilines is 2. The van der Waals surface area contributed by atoms with E-state index >= 15 is 0 Å². The molecule has 0 aliphatic carbocycles. The zero-order valence-electron chi connectivity index (χ0n) is 18.1. The van der Waals surface area contributed by atoms with Gasteiger partial charge in [0.15, 0.2) is 0 Å². The molecule has 0 saturated carbocycles. The summed E-state index contributed by atoms with van der Waals surface area (Å²) >= 11 is 12.2. The van der Waals surface area contributed by atoms with Crippen LogP contribution in [0.5, 0.6) is 5.75 Å². The lowest BCUT2D eigenvalue weighted by Crippen LogP contribution is -2.49. The highest BCUT2D eigenvalue weighted by Gasteiger charge is 2.60. The van der Waals surface area contributed by atoms with Gasteiger partial charge in [0, 0.05) is 28.0 Å². The van der Waals surface area contributed by atoms with Gasteiger partial charge < -0.3 is 9.47 Å². The molecule has 182 valence electrons. The number of ether oxygens (including phenoxy) is 2. The van der Waals surface area contributed by atoms with E-state index in [1.54, 1.807) is 64.4 Å². The van der Waals surface area contributed by atoms with Crippen LogP contribution in [0.4, 0.5) is 29.3 Å². The maximum absolute atomic E-state index is 14.1. The van der Waals surface area contributed by atoms with Crippen LogP contribution < -0.4 is 14.5 Å². The molecule has 3 aromatic rings. The van der Waals surface area contributed by atoms with Crippen LogP contribution in [-0.2, 0) is 4.74 Å². The number of amides is 2. The van der Waals surface area contributed by atoms with Crippen LogP contribution in [-0.4, -0.2) is 31.1 Å². The Morgan fingerprint density at radius 1 is 0.943 bits per heavy atom. The summed E-state index contributed by atoms with van der Waals surface area (Å²) in [7, 11) is 0. The third-order valence-electron chi connectivity index (χ3n) is 6.24. The van der Waals surface area contributed by atoms with Crippen LogP contribution in [0.1, 0.15) is 18.0 Å². The number of halogens is 5. The summed E-state index contributed by atoms with van der Waals surface area (Å²) in [5.41, 5.74) is 0.752. The molecule has 35 heavy (non-hydrogen) atoms. The van der Waals surface area contributed by atoms with Gasteiger partial charge in [-0.05, 0) is 72.6 Å². The van der Waals surface area contributed by atoms with Crippen molar-refractivity contribution in [3.8, 4) is 5.75 Å². The zero-order valence-corrected chi connectivity index (χ0v) is 19.6. The van der Waals surface area contributed by atoms with Crippen molar-refractivity contribution >= 4 is 40.6 Å². The van der Waals surface area contributed by atoms with Gasteiger partial charge in [0.25, 0.3) is 0 Å². The van der Waals surface area contributed by atoms with Crippen LogP contribution in [0.15, 0.2) is 72.8 Å². The first kappa shape index (κ1) is 23.8. The normalized spacial score (nSPS) is 22.3. The molecule has 2 fully saturated rings. The first-order chi connectivity index (χ1) is 16.7. The Morgan fingerprint density at radius 2 is 1.57 bits per heavy atom. The van der Waals surface area contributed by atoms with Crippen molar-refractivity contribution in [3.05, 3.63) is 88.4 Å². The maximum atomic E-state index is 14.1. The zero-order chi connectivity index (χ0) is 24.8. The molecule has 2 unspecified atom stereocenters. The van der Waals surface area contributed by atoms with Crippen LogP contribution in [0.2, 0.25) is 10.0 Å². The van der Waals surface area contributed by atoms with Gasteiger partial charge >= 0.3 is 12.4 Å². The van der Waals surface area contributed by atoms with Crippen molar-refractivity contribution in [2.45, 2.75) is 24.4 Å². The lowest BCUT2D eigenvalue weighted by Gasteiger charge is -2.37. The van der Waals surface area contributed by atoms with Gasteiger partial charge in [-0.15, -0.1) is 13.2 Å². The molecular formula is C25H19Cl2F3N2O3. The fraction of sp³-hybridized carbons (Fsp3) is 0.240. The number of rotatable bonds is 4. The number of hydrogen-bond donors (Lipinski definition) is 0. The summed E-state index contributed by atoms with van der Waals surface area (Å²) in [6.07, 6.45) is -4.37. The molecular weight excluding hydrogens is 504 g/mol. The molecule has 5 nitrogen and oxygen atoms in total. The van der Waals surface area contributed by atoms with E-state index in [1.165, 1.54) is 18.2 Å². The Balaban J connectivity index is 1.69. The fourth-order valence-electron chi connectivity index (χ4n) is 4.89. The van der Waals surface area contributed by atoms with E-state index in [0.29, 0.717) is 40.0 Å². The molecule has 2 aliphatic heterocycles. The Kier molecular flexibility index (Phi) is 6.07. The predicted octanol–water partition coefficient (Wildman–Crippen LogP) is 7.24. The van der Waals surface area contributed by atoms with Crippen molar-refractivity contribution in [2.24, 2.45) is 0 Å². The lowest BCUT2D eigenvalue weighted by atomic mass is 9.83. The smallest absolute Gasteiger partial charge is 0.406 e. The molecule has 0 bridgehead atoms. The minimum Gasteiger partial charge on any atom is -0.406 e. The Labute approximate surface area is 209 Å². The molecule has 2 aliphatic rings. The van der Waals surface area contributed by atoms with Gasteiger partial charge in [-0.1, -0.05) is 35.3 Å². The summed E-state index contributed by atoms with van der Waals surface area (Å²) in [5.74, 6) is -0.363. The van der Waals surface area contributed by atoms with Crippen molar-refractivity contribution in [1.29, 1.82) is 0 Å². The number of urea groups is 1. The van der Waals surface area contributed by atoms with E-state index in [1.807, 2.05) is 0 Å². The second-order valence-corrected chi connectivity index (χ2v) is 9.24. The van der Waals surface area contributed by atoms with Crippen molar-refractivity contribution in [2.75, 3.05) is 23.0 Å². The predicted molar refractivity (Wildman–Crippen MR) is 127 cm³/mol. The molecule has 3 aromatic carbocycles. The first-order valence-electron chi connectivity index (χ1n) is 10.8. The van der Waals surface area contributed by atoms with E-state index < -0.39 is 17.9 Å². The van der Waals surface area contributed by atoms with E-state index in [2.05, 4.69) is 4.74 Å². The third-order valence-corrected chi connectivity index (χ3v) is 6.74. The van der Waals surface area contributed by atoms with E-state index in [9.17, 15) is 18.0 Å². The van der Waals surface area contributed by atoms with E-state index in [-0.39, 0.29) is 18.4 Å². The number of carbonyl (C=O) groups excluding carboxylic acids is 1. The number of benzene rings is 3. The second-order valence-electron chi connectivity index (χ2n) is 8.37. The summed E-state index contributed by atoms with van der Waals surface area (Å²) < 4.78 is 48.9. The van der Waals surface area contributed by atoms with Gasteiger partial charge in [0.1, 0.15) is 5.75 Å². The summed E-state index contributed by atoms with van der Waals surface area (Å²) in [5, 5.41) is 1.01. The molecule has 0 aromatic heterocycles. The number of carbonyl (C=O) groups is 1. The number of hydrogen-bond acceptors (Lipinski definition) is 3. The SMILES string of the molecule is O=C1N(c2ccc(Cl)cc2)C(c2cccc(OC(F)(F)F)c2)C2(CCOC2)N1c1ccc(Cl)cc1. The largest absolute Gasteiger partial charge is 0.573 e. The molecule has 2 atom stereocenters. The second kappa shape index (κ2) is 8.93. The van der Waals surface area contributed by atoms with Crippen molar-refractivity contribution in [1.82, 2.24) is 0 Å². The van der Waals surface area contributed by atoms with Gasteiger partial charge in [0.2, 0.25) is 0 Å². The highest BCUT2D eigenvalue weighted by atomic mass is 35.5. The molecule has 2 saturated heterocycles. The van der Waals surface area contributed by atoms with Crippen molar-refractivity contribution < 1.29 is 27.4 Å². The Bertz CT molecular complexity index is 1230. The minimum atomic E-state index is -4.84. The summed E-state index contributed by atoms with van der Waals surface area (Å²) in [6, 6.07) is 18.3. The van der Waals surface area contributed by atoms with Crippen LogP contribution in [0.25, 0.3) is 0 Å². The highest BCUT2D eigenvalue weighted by Crippen LogP contribution is 2.52. The monoisotopic (exact) mass is 522 g/mol. The number of nitrogens with zero attached hydrogens (tertiary/aromatic N) is 2. The molecule has 2 heterocycles. The minimum absolute atomic E-state index is 0.195. The molecule has 0 radical (unpaired) electrons. The summed E-state index contributed by atoms with van der Waals surface area (Å²) in [6.45, 7) is 0.585. The van der Waals surface area contributed by atoms with E-state index in [4.69, 9.17) is 27.9 Å². The van der Waals surface area contributed by atoms with Gasteiger partial charge in [-0.2, -0.15) is 0 Å². The summed E-state index contributed by atoms with van der Waals surface area (Å²) in [4.78, 5) is 17.3. The standard InChI is InChI=1S/C25H19Cl2F3N2O3/c26-17-4-8-19(9-5-17)31-22(16-2-1-3-21(14-16)35-25(28,29)30)24(12-13-34-15-24)32(23(31)33)20-10-6-18(27)7-11-20/h1-11,14,22H,12-13,15H2. The topological polar surface area (TPSA) is 42.0 Å². The first-order valence-corrected chi connectivity index (χ1v) is 11.5. The Hall–Kier alpha value is -2.94. The molecule has 2 amide bonds.